The molecule has 0 aliphatic carbocycles. The molecule has 8 nitrogen and oxygen atoms in total. The molecule has 6 N–H and O–H groups in total. The topological polar surface area (TPSA) is 130 Å². The molecule has 1 atom stereocenters. The van der Waals surface area contributed by atoms with Crippen LogP contribution in [0.4, 0.5) is 18.9 Å². The molecule has 0 aliphatic rings. The Hall–Kier alpha value is -4.28. The molecular formula is C25H27F3N7O+. The van der Waals surface area contributed by atoms with E-state index in [-0.39, 0.29) is 17.6 Å². The van der Waals surface area contributed by atoms with Gasteiger partial charge < -0.3 is 5.32 Å². The summed E-state index contributed by atoms with van der Waals surface area (Å²) in [5, 5.41) is 17.6. The van der Waals surface area contributed by atoms with Crippen molar-refractivity contribution >= 4 is 17.6 Å². The number of amides is 1. The number of carbonyl (C=O) groups is 1. The number of halogens is 3. The van der Waals surface area contributed by atoms with Crippen LogP contribution in [0.5, 0.6) is 0 Å². The van der Waals surface area contributed by atoms with Crippen molar-refractivity contribution in [2.75, 3.05) is 5.32 Å². The van der Waals surface area contributed by atoms with E-state index in [1.807, 2.05) is 24.3 Å². The number of guanidine groups is 1. The van der Waals surface area contributed by atoms with Crippen LogP contribution in [0.2, 0.25) is 0 Å². The summed E-state index contributed by atoms with van der Waals surface area (Å²) in [4.78, 5) is 16.7. The summed E-state index contributed by atoms with van der Waals surface area (Å²) < 4.78 is 38.4. The number of alkyl halides is 3. The minimum Gasteiger partial charge on any atom is -0.377 e. The van der Waals surface area contributed by atoms with Gasteiger partial charge in [-0.15, -0.1) is 0 Å². The van der Waals surface area contributed by atoms with E-state index in [4.69, 9.17) is 11.3 Å². The summed E-state index contributed by atoms with van der Waals surface area (Å²) in [6.45, 7) is 4.18. The first-order valence-electron chi connectivity index (χ1n) is 11.1. The minimum atomic E-state index is -4.36. The highest BCUT2D eigenvalue weighted by Gasteiger charge is 2.30. The monoisotopic (exact) mass is 498 g/mol. The van der Waals surface area contributed by atoms with Gasteiger partial charge in [0.05, 0.1) is 28.0 Å². The number of nitrogens with one attached hydrogen (secondary N) is 2. The largest absolute Gasteiger partial charge is 0.416 e. The van der Waals surface area contributed by atoms with Gasteiger partial charge in [-0.25, -0.2) is 5.32 Å². The summed E-state index contributed by atoms with van der Waals surface area (Å²) >= 11 is 0. The van der Waals surface area contributed by atoms with E-state index in [1.54, 1.807) is 12.1 Å². The van der Waals surface area contributed by atoms with Crippen molar-refractivity contribution in [2.24, 2.45) is 22.1 Å². The Labute approximate surface area is 206 Å². The number of benzene rings is 2. The molecule has 2 aromatic carbocycles. The second-order valence-corrected chi connectivity index (χ2v) is 8.51. The Morgan fingerprint density at radius 3 is 2.14 bits per heavy atom. The second kappa shape index (κ2) is 11.4. The van der Waals surface area contributed by atoms with Gasteiger partial charge in [0.15, 0.2) is 0 Å². The van der Waals surface area contributed by atoms with Crippen molar-refractivity contribution in [3.8, 4) is 11.1 Å². The lowest BCUT2D eigenvalue weighted by molar-refractivity contribution is -0.137. The van der Waals surface area contributed by atoms with Crippen LogP contribution in [-0.4, -0.2) is 16.9 Å². The zero-order chi connectivity index (χ0) is 26.3. The second-order valence-electron chi connectivity index (χ2n) is 8.51. The number of rotatable bonds is 7. The van der Waals surface area contributed by atoms with Gasteiger partial charge in [0.1, 0.15) is 0 Å². The van der Waals surface area contributed by atoms with Crippen LogP contribution in [0.25, 0.3) is 11.1 Å². The summed E-state index contributed by atoms with van der Waals surface area (Å²) in [5.74, 6) is 4.54. The van der Waals surface area contributed by atoms with Gasteiger partial charge in [0.25, 0.3) is 0 Å². The maximum atomic E-state index is 12.8. The molecule has 0 saturated heterocycles. The van der Waals surface area contributed by atoms with Crippen LogP contribution in [-0.2, 0) is 6.18 Å². The Balaban J connectivity index is 1.73. The SMILES string of the molecule is CC(C)CC(Nc1ccc(-c2ccc(C(F)(F)F)cc2)cc1)c1ccc(C(=O)NC(=[NH2+])N=NN)cn1. The highest BCUT2D eigenvalue weighted by Crippen LogP contribution is 2.32. The van der Waals surface area contributed by atoms with Crippen molar-refractivity contribution in [1.29, 1.82) is 0 Å². The average Bonchev–Trinajstić information content (AvgIpc) is 2.83. The van der Waals surface area contributed by atoms with Crippen LogP contribution >= 0.6 is 0 Å². The van der Waals surface area contributed by atoms with Gasteiger partial charge >= 0.3 is 18.0 Å². The van der Waals surface area contributed by atoms with E-state index in [0.29, 0.717) is 11.5 Å². The number of hydrogen-bond acceptors (Lipinski definition) is 4. The third kappa shape index (κ3) is 7.11. The van der Waals surface area contributed by atoms with Crippen molar-refractivity contribution < 1.29 is 23.4 Å². The number of anilines is 1. The molecule has 3 rings (SSSR count). The molecule has 1 aromatic heterocycles. The molecule has 0 spiro atoms. The zero-order valence-corrected chi connectivity index (χ0v) is 19.8. The normalized spacial score (nSPS) is 12.5. The third-order valence-corrected chi connectivity index (χ3v) is 5.29. The molecule has 0 bridgehead atoms. The summed E-state index contributed by atoms with van der Waals surface area (Å²) in [6.07, 6.45) is -2.15. The predicted molar refractivity (Wildman–Crippen MR) is 130 cm³/mol. The Morgan fingerprint density at radius 1 is 1.03 bits per heavy atom. The van der Waals surface area contributed by atoms with Gasteiger partial charge in [-0.1, -0.05) is 38.1 Å². The first kappa shape index (κ1) is 26.3. The summed E-state index contributed by atoms with van der Waals surface area (Å²) in [7, 11) is 0. The van der Waals surface area contributed by atoms with Crippen molar-refractivity contribution in [2.45, 2.75) is 32.5 Å². The van der Waals surface area contributed by atoms with E-state index in [9.17, 15) is 18.0 Å². The van der Waals surface area contributed by atoms with Crippen LogP contribution in [0.15, 0.2) is 77.2 Å². The number of pyridine rings is 1. The number of hydrogen-bond donors (Lipinski definition) is 4. The maximum Gasteiger partial charge on any atom is 0.416 e. The van der Waals surface area contributed by atoms with Crippen molar-refractivity contribution in [3.63, 3.8) is 0 Å². The zero-order valence-electron chi connectivity index (χ0n) is 19.8. The molecule has 1 amide bonds. The lowest BCUT2D eigenvalue weighted by atomic mass is 9.99. The number of nitrogens with two attached hydrogens (primary N) is 2. The standard InChI is InChI=1S/C25H26F3N7O/c1-15(2)13-22(21-12-7-18(14-31-21)23(36)33-24(29)34-35-30)32-20-10-5-17(6-11-20)16-3-8-19(9-4-16)25(26,27)28/h3-12,14-15,22,32H,13H2,1-2H3,(H4,29,30,33,34,36)/p+1. The summed E-state index contributed by atoms with van der Waals surface area (Å²) in [5.41, 5.74) is 2.67. The Bertz CT molecular complexity index is 1210. The number of aromatic nitrogens is 1. The fraction of sp³-hybridized carbons (Fsp3) is 0.240. The smallest absolute Gasteiger partial charge is 0.377 e. The third-order valence-electron chi connectivity index (χ3n) is 5.29. The lowest BCUT2D eigenvalue weighted by Gasteiger charge is -2.22. The van der Waals surface area contributed by atoms with E-state index < -0.39 is 17.6 Å². The fourth-order valence-electron chi connectivity index (χ4n) is 3.56. The van der Waals surface area contributed by atoms with Gasteiger partial charge in [-0.05, 0) is 59.9 Å². The van der Waals surface area contributed by atoms with Crippen LogP contribution in [0, 0.1) is 5.92 Å². The van der Waals surface area contributed by atoms with E-state index >= 15 is 0 Å². The molecular weight excluding hydrogens is 471 g/mol. The molecule has 3 aromatic rings. The number of carbonyl (C=O) groups excluding carboxylic acids is 1. The highest BCUT2D eigenvalue weighted by atomic mass is 19.4. The highest BCUT2D eigenvalue weighted by molar-refractivity contribution is 6.03. The first-order chi connectivity index (χ1) is 17.1. The maximum absolute atomic E-state index is 12.8. The molecule has 11 heteroatoms. The van der Waals surface area contributed by atoms with Crippen LogP contribution < -0.4 is 21.9 Å². The lowest BCUT2D eigenvalue weighted by Crippen LogP contribution is -2.49. The molecule has 188 valence electrons. The van der Waals surface area contributed by atoms with E-state index in [1.165, 1.54) is 18.3 Å². The van der Waals surface area contributed by atoms with Gasteiger partial charge in [0.2, 0.25) is 0 Å². The first-order valence-corrected chi connectivity index (χ1v) is 11.1. The molecule has 0 saturated carbocycles. The molecule has 1 unspecified atom stereocenters. The molecule has 0 radical (unpaired) electrons. The number of nitrogens with zero attached hydrogens (tertiary/aromatic N) is 3. The van der Waals surface area contributed by atoms with Crippen molar-refractivity contribution in [3.05, 3.63) is 83.7 Å². The minimum absolute atomic E-state index is 0.137. The average molecular weight is 499 g/mol. The quantitative estimate of drug-likeness (QED) is 0.128. The van der Waals surface area contributed by atoms with Gasteiger partial charge in [0, 0.05) is 17.1 Å². The van der Waals surface area contributed by atoms with Crippen LogP contribution in [0.3, 0.4) is 0 Å². The van der Waals surface area contributed by atoms with Crippen molar-refractivity contribution in [1.82, 2.24) is 10.3 Å². The Kier molecular flexibility index (Phi) is 8.36. The summed E-state index contributed by atoms with van der Waals surface area (Å²) in [6, 6.07) is 15.7. The predicted octanol–water partition coefficient (Wildman–Crippen LogP) is 4.14. The van der Waals surface area contributed by atoms with E-state index in [2.05, 4.69) is 39.8 Å². The van der Waals surface area contributed by atoms with E-state index in [0.717, 1.165) is 35.5 Å². The molecule has 1 heterocycles. The molecule has 0 aliphatic heterocycles. The molecule has 0 fully saturated rings. The Morgan fingerprint density at radius 2 is 1.64 bits per heavy atom. The molecule has 36 heavy (non-hydrogen) atoms. The fourth-order valence-corrected chi connectivity index (χ4v) is 3.56. The van der Waals surface area contributed by atoms with Gasteiger partial charge in [-0.2, -0.15) is 13.2 Å². The van der Waals surface area contributed by atoms with Gasteiger partial charge in [-0.3, -0.25) is 21.0 Å². The van der Waals surface area contributed by atoms with Crippen LogP contribution in [0.1, 0.15) is 47.9 Å².